The summed E-state index contributed by atoms with van der Waals surface area (Å²) in [4.78, 5) is 11.0. The van der Waals surface area contributed by atoms with Gasteiger partial charge in [0.15, 0.2) is 0 Å². The van der Waals surface area contributed by atoms with E-state index in [0.717, 1.165) is 10.6 Å². The summed E-state index contributed by atoms with van der Waals surface area (Å²) in [6, 6.07) is 12.7. The SMILES string of the molecule is O=C(O)N(Cc1ccccc1)/N=C\c1ccco1. The Hall–Kier alpha value is -2.56. The van der Waals surface area contributed by atoms with Crippen LogP contribution in [0.1, 0.15) is 11.3 Å². The molecule has 1 aromatic carbocycles. The second-order valence-electron chi connectivity index (χ2n) is 3.59. The third kappa shape index (κ3) is 3.21. The second-order valence-corrected chi connectivity index (χ2v) is 3.59. The monoisotopic (exact) mass is 244 g/mol. The molecular weight excluding hydrogens is 232 g/mol. The van der Waals surface area contributed by atoms with Gasteiger partial charge in [-0.25, -0.2) is 4.79 Å². The van der Waals surface area contributed by atoms with Gasteiger partial charge in [0.25, 0.3) is 0 Å². The van der Waals surface area contributed by atoms with E-state index in [-0.39, 0.29) is 6.54 Å². The Morgan fingerprint density at radius 1 is 1.28 bits per heavy atom. The van der Waals surface area contributed by atoms with Gasteiger partial charge in [-0.3, -0.25) is 0 Å². The van der Waals surface area contributed by atoms with Crippen LogP contribution in [0.15, 0.2) is 58.2 Å². The maximum atomic E-state index is 11.0. The van der Waals surface area contributed by atoms with Crippen LogP contribution in [-0.2, 0) is 6.54 Å². The maximum Gasteiger partial charge on any atom is 0.428 e. The van der Waals surface area contributed by atoms with Crippen molar-refractivity contribution in [3.63, 3.8) is 0 Å². The zero-order chi connectivity index (χ0) is 12.8. The number of carbonyl (C=O) groups is 1. The fourth-order valence-corrected chi connectivity index (χ4v) is 1.41. The predicted octanol–water partition coefficient (Wildman–Crippen LogP) is 2.79. The van der Waals surface area contributed by atoms with E-state index < -0.39 is 6.09 Å². The lowest BCUT2D eigenvalue weighted by Crippen LogP contribution is -2.23. The lowest BCUT2D eigenvalue weighted by Gasteiger charge is -2.12. The number of carboxylic acid groups (broad SMARTS) is 1. The minimum atomic E-state index is -1.11. The molecule has 1 heterocycles. The number of rotatable bonds is 4. The number of hydrogen-bond donors (Lipinski definition) is 1. The van der Waals surface area contributed by atoms with E-state index in [1.165, 1.54) is 12.5 Å². The quantitative estimate of drug-likeness (QED) is 0.664. The van der Waals surface area contributed by atoms with Gasteiger partial charge in [-0.15, -0.1) is 0 Å². The molecule has 0 fully saturated rings. The highest BCUT2D eigenvalue weighted by atomic mass is 16.4. The van der Waals surface area contributed by atoms with Crippen molar-refractivity contribution in [2.45, 2.75) is 6.54 Å². The summed E-state index contributed by atoms with van der Waals surface area (Å²) in [5.74, 6) is 0.509. The maximum absolute atomic E-state index is 11.0. The van der Waals surface area contributed by atoms with E-state index in [9.17, 15) is 4.79 Å². The summed E-state index contributed by atoms with van der Waals surface area (Å²) in [5, 5.41) is 13.9. The number of benzene rings is 1. The molecule has 0 saturated carbocycles. The molecular formula is C13H12N2O3. The topological polar surface area (TPSA) is 66.0 Å². The molecule has 5 heteroatoms. The van der Waals surface area contributed by atoms with Crippen LogP contribution >= 0.6 is 0 Å². The Labute approximate surface area is 104 Å². The first kappa shape index (κ1) is 11.9. The molecule has 2 rings (SSSR count). The van der Waals surface area contributed by atoms with Crippen LogP contribution in [0.3, 0.4) is 0 Å². The van der Waals surface area contributed by atoms with Gasteiger partial charge in [-0.2, -0.15) is 10.1 Å². The van der Waals surface area contributed by atoms with E-state index in [4.69, 9.17) is 9.52 Å². The highest BCUT2D eigenvalue weighted by Gasteiger charge is 2.10. The first-order valence-corrected chi connectivity index (χ1v) is 5.37. The summed E-state index contributed by atoms with van der Waals surface area (Å²) >= 11 is 0. The summed E-state index contributed by atoms with van der Waals surface area (Å²) in [5.41, 5.74) is 0.872. The first-order chi connectivity index (χ1) is 8.75. The standard InChI is InChI=1S/C13H12N2O3/c16-13(17)15(10-11-5-2-1-3-6-11)14-9-12-7-4-8-18-12/h1-9H,10H2,(H,16,17)/b14-9-. The minimum absolute atomic E-state index is 0.202. The summed E-state index contributed by atoms with van der Waals surface area (Å²) in [7, 11) is 0. The smallest absolute Gasteiger partial charge is 0.428 e. The van der Waals surface area contributed by atoms with Gasteiger partial charge in [0.05, 0.1) is 19.0 Å². The number of nitrogens with zero attached hydrogens (tertiary/aromatic N) is 2. The van der Waals surface area contributed by atoms with Gasteiger partial charge in [-0.1, -0.05) is 30.3 Å². The molecule has 0 bridgehead atoms. The minimum Gasteiger partial charge on any atom is -0.464 e. The van der Waals surface area contributed by atoms with E-state index in [1.54, 1.807) is 12.1 Å². The first-order valence-electron chi connectivity index (χ1n) is 5.37. The van der Waals surface area contributed by atoms with Crippen molar-refractivity contribution in [2.75, 3.05) is 0 Å². The van der Waals surface area contributed by atoms with Crippen molar-refractivity contribution in [1.29, 1.82) is 0 Å². The van der Waals surface area contributed by atoms with E-state index >= 15 is 0 Å². The predicted molar refractivity (Wildman–Crippen MR) is 66.3 cm³/mol. The number of hydrazone groups is 1. The molecule has 1 N–H and O–H groups in total. The van der Waals surface area contributed by atoms with Crippen LogP contribution in [-0.4, -0.2) is 22.4 Å². The highest BCUT2D eigenvalue weighted by molar-refractivity contribution is 5.77. The average Bonchev–Trinajstić information content (AvgIpc) is 2.88. The van der Waals surface area contributed by atoms with Crippen molar-refractivity contribution in [3.8, 4) is 0 Å². The van der Waals surface area contributed by atoms with E-state index in [2.05, 4.69) is 5.10 Å². The number of furan rings is 1. The normalized spacial score (nSPS) is 10.7. The largest absolute Gasteiger partial charge is 0.464 e. The summed E-state index contributed by atoms with van der Waals surface area (Å²) in [6.45, 7) is 0.202. The van der Waals surface area contributed by atoms with E-state index in [1.807, 2.05) is 30.3 Å². The molecule has 18 heavy (non-hydrogen) atoms. The molecule has 0 unspecified atom stereocenters. The Bertz CT molecular complexity index is 520. The molecule has 0 spiro atoms. The molecule has 2 aromatic rings. The highest BCUT2D eigenvalue weighted by Crippen LogP contribution is 2.05. The van der Waals surface area contributed by atoms with Gasteiger partial charge in [-0.05, 0) is 17.7 Å². The van der Waals surface area contributed by atoms with Crippen molar-refractivity contribution in [1.82, 2.24) is 5.01 Å². The fraction of sp³-hybridized carbons (Fsp3) is 0.0769. The van der Waals surface area contributed by atoms with E-state index in [0.29, 0.717) is 5.76 Å². The van der Waals surface area contributed by atoms with Gasteiger partial charge in [0.1, 0.15) is 5.76 Å². The van der Waals surface area contributed by atoms with Gasteiger partial charge >= 0.3 is 6.09 Å². The van der Waals surface area contributed by atoms with Crippen LogP contribution in [0, 0.1) is 0 Å². The lowest BCUT2D eigenvalue weighted by atomic mass is 10.2. The Kier molecular flexibility index (Phi) is 3.76. The van der Waals surface area contributed by atoms with Gasteiger partial charge in [0.2, 0.25) is 0 Å². The van der Waals surface area contributed by atoms with Crippen LogP contribution < -0.4 is 0 Å². The third-order valence-corrected chi connectivity index (χ3v) is 2.26. The zero-order valence-corrected chi connectivity index (χ0v) is 9.56. The Morgan fingerprint density at radius 3 is 2.67 bits per heavy atom. The summed E-state index contributed by atoms with van der Waals surface area (Å²) in [6.07, 6.45) is 1.77. The van der Waals surface area contributed by atoms with Crippen LogP contribution in [0.2, 0.25) is 0 Å². The van der Waals surface area contributed by atoms with Crippen LogP contribution in [0.5, 0.6) is 0 Å². The van der Waals surface area contributed by atoms with Crippen LogP contribution in [0.4, 0.5) is 4.79 Å². The molecule has 0 atom stereocenters. The molecule has 92 valence electrons. The van der Waals surface area contributed by atoms with Gasteiger partial charge < -0.3 is 9.52 Å². The van der Waals surface area contributed by atoms with Crippen molar-refractivity contribution >= 4 is 12.3 Å². The van der Waals surface area contributed by atoms with Gasteiger partial charge in [0, 0.05) is 0 Å². The zero-order valence-electron chi connectivity index (χ0n) is 9.56. The third-order valence-electron chi connectivity index (χ3n) is 2.26. The van der Waals surface area contributed by atoms with Crippen LogP contribution in [0.25, 0.3) is 0 Å². The molecule has 0 aliphatic rings. The second kappa shape index (κ2) is 5.67. The van der Waals surface area contributed by atoms with Crippen molar-refractivity contribution in [3.05, 3.63) is 60.1 Å². The van der Waals surface area contributed by atoms with Crippen molar-refractivity contribution < 1.29 is 14.3 Å². The molecule has 0 aliphatic carbocycles. The molecule has 1 amide bonds. The molecule has 0 radical (unpaired) electrons. The number of amides is 1. The average molecular weight is 244 g/mol. The molecule has 1 aromatic heterocycles. The summed E-state index contributed by atoms with van der Waals surface area (Å²) < 4.78 is 5.04. The molecule has 0 saturated heterocycles. The Balaban J connectivity index is 2.07. The Morgan fingerprint density at radius 2 is 2.06 bits per heavy atom. The number of hydrogen-bond acceptors (Lipinski definition) is 3. The van der Waals surface area contributed by atoms with Crippen molar-refractivity contribution in [2.24, 2.45) is 5.10 Å². The molecule has 0 aliphatic heterocycles. The lowest BCUT2D eigenvalue weighted by molar-refractivity contribution is 0.144. The molecule has 5 nitrogen and oxygen atoms in total. The fourth-order valence-electron chi connectivity index (χ4n) is 1.41.